The molecular weight excluding hydrogens is 791 g/mol. The van der Waals surface area contributed by atoms with Gasteiger partial charge in [0.2, 0.25) is 0 Å². The van der Waals surface area contributed by atoms with Gasteiger partial charge in [0, 0.05) is 22.6 Å². The molecule has 0 radical (unpaired) electrons. The molecule has 55 heavy (non-hydrogen) atoms. The summed E-state index contributed by atoms with van der Waals surface area (Å²) in [6, 6.07) is 47.2. The molecule has 7 rings (SSSR count). The lowest BCUT2D eigenvalue weighted by atomic mass is 10.0. The van der Waals surface area contributed by atoms with Gasteiger partial charge in [-0.3, -0.25) is 4.79 Å². The number of methoxy groups -OCH3 is 2. The minimum Gasteiger partial charge on any atom is -0.497 e. The fourth-order valence-corrected chi connectivity index (χ4v) is 8.82. The minimum absolute atomic E-state index is 0.00555. The molecule has 0 aliphatic carbocycles. The molecule has 0 unspecified atom stereocenters. The average Bonchev–Trinajstić information content (AvgIpc) is 3.71. The van der Waals surface area contributed by atoms with Gasteiger partial charge in [-0.15, -0.1) is 23.5 Å². The molecule has 0 aromatic heterocycles. The Labute approximate surface area is 347 Å². The Kier molecular flexibility index (Phi) is 15.7. The third-order valence-corrected chi connectivity index (χ3v) is 11.9. The van der Waals surface area contributed by atoms with Crippen LogP contribution in [-0.2, 0) is 4.08 Å². The van der Waals surface area contributed by atoms with E-state index >= 15 is 0 Å². The van der Waals surface area contributed by atoms with Crippen LogP contribution in [0.5, 0.6) is 34.5 Å². The lowest BCUT2D eigenvalue weighted by Crippen LogP contribution is -2.16. The number of alkyl halides is 3. The second-order valence-electron chi connectivity index (χ2n) is 12.2. The molecule has 5 nitrogen and oxygen atoms in total. The number of rotatable bonds is 10. The Balaban J connectivity index is 0.000000194. The summed E-state index contributed by atoms with van der Waals surface area (Å²) < 4.78 is 21.3. The van der Waals surface area contributed by atoms with Crippen LogP contribution in [0, 0.1) is 13.8 Å². The monoisotopic (exact) mass is 830 g/mol. The summed E-state index contributed by atoms with van der Waals surface area (Å²) in [5, 5.41) is 0. The molecule has 1 heterocycles. The molecule has 0 saturated carbocycles. The Morgan fingerprint density at radius 3 is 1.13 bits per heavy atom. The van der Waals surface area contributed by atoms with Crippen molar-refractivity contribution in [2.45, 2.75) is 22.2 Å². The van der Waals surface area contributed by atoms with Gasteiger partial charge in [0.1, 0.15) is 38.6 Å². The molecule has 1 fully saturated rings. The molecule has 0 N–H and O–H groups in total. The number of thioether (sulfide) groups is 2. The van der Waals surface area contributed by atoms with Crippen LogP contribution >= 0.6 is 58.3 Å². The number of ketones is 1. The highest BCUT2D eigenvalue weighted by Gasteiger charge is 2.39. The lowest BCUT2D eigenvalue weighted by molar-refractivity contribution is 0.103. The number of halogens is 3. The van der Waals surface area contributed by atoms with Crippen LogP contribution in [0.2, 0.25) is 0 Å². The molecule has 0 spiro atoms. The predicted octanol–water partition coefficient (Wildman–Crippen LogP) is 13.5. The molecule has 1 aliphatic rings. The normalized spacial score (nSPS) is 12.7. The molecular formula is C45H41Cl3O5S2. The summed E-state index contributed by atoms with van der Waals surface area (Å²) in [5.74, 6) is 7.00. The summed E-state index contributed by atoms with van der Waals surface area (Å²) in [4.78, 5) is 12.4. The van der Waals surface area contributed by atoms with Crippen molar-refractivity contribution in [3.05, 3.63) is 179 Å². The highest BCUT2D eigenvalue weighted by atomic mass is 35.6. The van der Waals surface area contributed by atoms with E-state index in [1.54, 1.807) is 38.5 Å². The van der Waals surface area contributed by atoms with Crippen molar-refractivity contribution in [3.63, 3.8) is 0 Å². The molecule has 0 atom stereocenters. The summed E-state index contributed by atoms with van der Waals surface area (Å²) >= 11 is 18.5. The maximum Gasteiger partial charge on any atom is 0.193 e. The van der Waals surface area contributed by atoms with E-state index < -0.39 is 4.30 Å². The number of ether oxygens (including phenoxy) is 4. The first kappa shape index (κ1) is 41.9. The predicted molar refractivity (Wildman–Crippen MR) is 232 cm³/mol. The van der Waals surface area contributed by atoms with Crippen LogP contribution in [0.25, 0.3) is 0 Å². The van der Waals surface area contributed by atoms with Crippen LogP contribution in [0.4, 0.5) is 0 Å². The van der Waals surface area contributed by atoms with E-state index in [1.165, 1.54) is 28.2 Å². The van der Waals surface area contributed by atoms with E-state index in [9.17, 15) is 4.79 Å². The van der Waals surface area contributed by atoms with Crippen LogP contribution in [0.15, 0.2) is 146 Å². The second kappa shape index (κ2) is 20.6. The summed E-state index contributed by atoms with van der Waals surface area (Å²) in [6.45, 7) is 4.14. The van der Waals surface area contributed by atoms with E-state index in [4.69, 9.17) is 53.8 Å². The highest BCUT2D eigenvalue weighted by molar-refractivity contribution is 8.20. The zero-order valence-electron chi connectivity index (χ0n) is 30.8. The molecule has 6 aromatic carbocycles. The van der Waals surface area contributed by atoms with Gasteiger partial charge in [-0.1, -0.05) is 107 Å². The number of benzene rings is 6. The van der Waals surface area contributed by atoms with Crippen LogP contribution < -0.4 is 18.9 Å². The summed E-state index contributed by atoms with van der Waals surface area (Å²) in [5.41, 5.74) is 6.44. The zero-order chi connectivity index (χ0) is 39.2. The number of aryl methyl sites for hydroxylation is 2. The van der Waals surface area contributed by atoms with E-state index in [0.29, 0.717) is 22.6 Å². The third kappa shape index (κ3) is 12.1. The average molecular weight is 832 g/mol. The van der Waals surface area contributed by atoms with Crippen molar-refractivity contribution in [1.82, 2.24) is 0 Å². The first-order valence-corrected chi connectivity index (χ1v) is 20.6. The maximum absolute atomic E-state index is 12.4. The first-order chi connectivity index (χ1) is 26.6. The van der Waals surface area contributed by atoms with Crippen molar-refractivity contribution >= 4 is 64.1 Å². The van der Waals surface area contributed by atoms with Gasteiger partial charge in [-0.2, -0.15) is 0 Å². The highest BCUT2D eigenvalue weighted by Crippen LogP contribution is 2.56. The van der Waals surface area contributed by atoms with E-state index in [0.717, 1.165) is 28.6 Å². The van der Waals surface area contributed by atoms with Crippen molar-refractivity contribution in [1.29, 1.82) is 0 Å². The van der Waals surface area contributed by atoms with Crippen molar-refractivity contribution in [2.24, 2.45) is 0 Å². The fourth-order valence-electron chi connectivity index (χ4n) is 5.53. The van der Waals surface area contributed by atoms with Crippen molar-refractivity contribution in [2.75, 3.05) is 25.7 Å². The standard InChI is InChI=1S/C23H22O2S2.C21H18O3.CHCl3/c1-17-3-5-18(6-4-17)23(26-15-16-27-23)19-7-9-21(10-8-19)25-22-13-11-20(24-2)12-14-22;1-15-3-5-16(6-4-15)21(22)17-7-9-19(10-8-17)24-20-13-11-18(23-2)12-14-20;2-1(3)4/h3-14H,15-16H2,1-2H3;3-14H,1-2H3;1H. The molecule has 1 aliphatic heterocycles. The van der Waals surface area contributed by atoms with Gasteiger partial charge >= 0.3 is 0 Å². The Hall–Kier alpha value is -4.24. The quantitative estimate of drug-likeness (QED) is 0.101. The third-order valence-electron chi connectivity index (χ3n) is 8.38. The van der Waals surface area contributed by atoms with Gasteiger partial charge in [-0.25, -0.2) is 0 Å². The fraction of sp³-hybridized carbons (Fsp3) is 0.178. The van der Waals surface area contributed by atoms with Crippen LogP contribution in [0.3, 0.4) is 0 Å². The number of hydrogen-bond acceptors (Lipinski definition) is 7. The second-order valence-corrected chi connectivity index (χ2v) is 17.1. The van der Waals surface area contributed by atoms with Gasteiger partial charge in [0.25, 0.3) is 0 Å². The van der Waals surface area contributed by atoms with E-state index in [-0.39, 0.29) is 9.86 Å². The SMILES string of the molecule is COc1ccc(Oc2ccc(C(=O)c3ccc(C)cc3)cc2)cc1.COc1ccc(Oc2ccc(C3(c4ccc(C)cc4)SCCS3)cc2)cc1.ClC(Cl)Cl. The molecule has 0 bridgehead atoms. The summed E-state index contributed by atoms with van der Waals surface area (Å²) in [7, 11) is 3.29. The Morgan fingerprint density at radius 2 is 0.764 bits per heavy atom. The maximum atomic E-state index is 12.4. The molecule has 10 heteroatoms. The number of carbonyl (C=O) groups excluding carboxylic acids is 1. The number of hydrogen-bond donors (Lipinski definition) is 0. The molecule has 1 saturated heterocycles. The Bertz CT molecular complexity index is 2060. The van der Waals surface area contributed by atoms with Gasteiger partial charge in [0.05, 0.1) is 14.2 Å². The van der Waals surface area contributed by atoms with E-state index in [1.807, 2.05) is 103 Å². The van der Waals surface area contributed by atoms with Gasteiger partial charge in [-0.05, 0) is 110 Å². The molecule has 0 amide bonds. The zero-order valence-corrected chi connectivity index (χ0v) is 34.7. The first-order valence-electron chi connectivity index (χ1n) is 17.3. The van der Waals surface area contributed by atoms with Gasteiger partial charge in [0.15, 0.2) is 10.1 Å². The van der Waals surface area contributed by atoms with Gasteiger partial charge < -0.3 is 18.9 Å². The van der Waals surface area contributed by atoms with Crippen LogP contribution in [0.1, 0.15) is 38.2 Å². The molecule has 284 valence electrons. The smallest absolute Gasteiger partial charge is 0.193 e. The molecule has 6 aromatic rings. The van der Waals surface area contributed by atoms with E-state index in [2.05, 4.69) is 55.5 Å². The lowest BCUT2D eigenvalue weighted by Gasteiger charge is -2.29. The van der Waals surface area contributed by atoms with Crippen molar-refractivity contribution in [3.8, 4) is 34.5 Å². The number of carbonyl (C=O) groups is 1. The minimum atomic E-state index is -0.750. The summed E-state index contributed by atoms with van der Waals surface area (Å²) in [6.07, 6.45) is 0. The largest absolute Gasteiger partial charge is 0.497 e. The topological polar surface area (TPSA) is 54.0 Å². The Morgan fingerprint density at radius 1 is 0.491 bits per heavy atom. The van der Waals surface area contributed by atoms with Crippen LogP contribution in [-0.4, -0.2) is 35.8 Å². The van der Waals surface area contributed by atoms with Crippen molar-refractivity contribution < 1.29 is 23.7 Å².